The minimum Gasteiger partial charge on any atom is -0.350 e. The molecule has 0 aliphatic heterocycles. The lowest BCUT2D eigenvalue weighted by atomic mass is 10.0. The SMILES string of the molecule is CCCCc1ccc(C(C)=NNC(N)=O)cc1. The van der Waals surface area contributed by atoms with E-state index in [0.29, 0.717) is 0 Å². The molecule has 1 aromatic carbocycles. The highest BCUT2D eigenvalue weighted by Gasteiger charge is 1.99. The molecule has 3 N–H and O–H groups in total. The average molecular weight is 233 g/mol. The highest BCUT2D eigenvalue weighted by molar-refractivity contribution is 5.99. The minimum atomic E-state index is -0.649. The van der Waals surface area contributed by atoms with E-state index in [0.717, 1.165) is 17.7 Å². The second-order valence-corrected chi connectivity index (χ2v) is 3.97. The van der Waals surface area contributed by atoms with Crippen molar-refractivity contribution in [1.82, 2.24) is 5.43 Å². The fraction of sp³-hybridized carbons (Fsp3) is 0.385. The summed E-state index contributed by atoms with van der Waals surface area (Å²) in [5.41, 5.74) is 10.2. The molecule has 0 atom stereocenters. The zero-order valence-corrected chi connectivity index (χ0v) is 10.4. The maximum absolute atomic E-state index is 10.5. The lowest BCUT2D eigenvalue weighted by Crippen LogP contribution is -2.25. The number of primary amides is 1. The predicted octanol–water partition coefficient (Wildman–Crippen LogP) is 2.42. The molecular formula is C13H19N3O. The first kappa shape index (κ1) is 13.2. The Morgan fingerprint density at radius 3 is 2.53 bits per heavy atom. The summed E-state index contributed by atoms with van der Waals surface area (Å²) in [6, 6.07) is 7.55. The molecule has 4 heteroatoms. The Hall–Kier alpha value is -1.84. The zero-order chi connectivity index (χ0) is 12.7. The molecule has 0 unspecified atom stereocenters. The smallest absolute Gasteiger partial charge is 0.332 e. The Bertz CT molecular complexity index is 396. The molecule has 1 rings (SSSR count). The predicted molar refractivity (Wildman–Crippen MR) is 70.0 cm³/mol. The van der Waals surface area contributed by atoms with Gasteiger partial charge >= 0.3 is 6.03 Å². The van der Waals surface area contributed by atoms with Crippen LogP contribution in [0.15, 0.2) is 29.4 Å². The Balaban J connectivity index is 2.66. The molecule has 1 aromatic rings. The third kappa shape index (κ3) is 4.68. The summed E-state index contributed by atoms with van der Waals surface area (Å²) in [4.78, 5) is 10.5. The Morgan fingerprint density at radius 2 is 2.00 bits per heavy atom. The number of hydrogen-bond acceptors (Lipinski definition) is 2. The van der Waals surface area contributed by atoms with E-state index in [9.17, 15) is 4.79 Å². The van der Waals surface area contributed by atoms with Gasteiger partial charge < -0.3 is 5.73 Å². The topological polar surface area (TPSA) is 67.5 Å². The normalized spacial score (nSPS) is 11.3. The summed E-state index contributed by atoms with van der Waals surface area (Å²) in [5, 5.41) is 3.88. The van der Waals surface area contributed by atoms with Crippen LogP contribution in [0.2, 0.25) is 0 Å². The van der Waals surface area contributed by atoms with Crippen LogP contribution >= 0.6 is 0 Å². The van der Waals surface area contributed by atoms with E-state index in [-0.39, 0.29) is 0 Å². The van der Waals surface area contributed by atoms with Gasteiger partial charge in [-0.25, -0.2) is 10.2 Å². The van der Waals surface area contributed by atoms with Crippen LogP contribution in [0.1, 0.15) is 37.8 Å². The Labute approximate surface area is 102 Å². The van der Waals surface area contributed by atoms with Crippen molar-refractivity contribution in [1.29, 1.82) is 0 Å². The lowest BCUT2D eigenvalue weighted by molar-refractivity contribution is 0.249. The first-order valence-electron chi connectivity index (χ1n) is 5.82. The molecule has 4 nitrogen and oxygen atoms in total. The van der Waals surface area contributed by atoms with Crippen molar-refractivity contribution in [2.45, 2.75) is 33.1 Å². The molecular weight excluding hydrogens is 214 g/mol. The second-order valence-electron chi connectivity index (χ2n) is 3.97. The van der Waals surface area contributed by atoms with E-state index in [1.165, 1.54) is 18.4 Å². The van der Waals surface area contributed by atoms with Gasteiger partial charge in [-0.3, -0.25) is 0 Å². The van der Waals surface area contributed by atoms with Crippen molar-refractivity contribution in [3.63, 3.8) is 0 Å². The number of benzene rings is 1. The number of unbranched alkanes of at least 4 members (excludes halogenated alkanes) is 1. The average Bonchev–Trinajstić information content (AvgIpc) is 2.34. The van der Waals surface area contributed by atoms with Crippen LogP contribution in [0.4, 0.5) is 4.79 Å². The molecule has 0 heterocycles. The van der Waals surface area contributed by atoms with E-state index in [4.69, 9.17) is 5.73 Å². The van der Waals surface area contributed by atoms with Gasteiger partial charge in [0, 0.05) is 0 Å². The third-order valence-corrected chi connectivity index (χ3v) is 2.52. The maximum atomic E-state index is 10.5. The maximum Gasteiger partial charge on any atom is 0.332 e. The Morgan fingerprint density at radius 1 is 1.35 bits per heavy atom. The fourth-order valence-electron chi connectivity index (χ4n) is 1.50. The van der Waals surface area contributed by atoms with Gasteiger partial charge in [-0.1, -0.05) is 37.6 Å². The van der Waals surface area contributed by atoms with Crippen LogP contribution in [0.5, 0.6) is 0 Å². The molecule has 0 spiro atoms. The van der Waals surface area contributed by atoms with Crippen molar-refractivity contribution in [2.75, 3.05) is 0 Å². The largest absolute Gasteiger partial charge is 0.350 e. The standard InChI is InChI=1S/C13H19N3O/c1-3-4-5-11-6-8-12(9-7-11)10(2)15-16-13(14)17/h6-9H,3-5H2,1-2H3,(H3,14,16,17). The number of aryl methyl sites for hydroxylation is 1. The molecule has 2 amide bonds. The summed E-state index contributed by atoms with van der Waals surface area (Å²) in [7, 11) is 0. The summed E-state index contributed by atoms with van der Waals surface area (Å²) in [6.45, 7) is 4.01. The highest BCUT2D eigenvalue weighted by atomic mass is 16.2. The molecule has 92 valence electrons. The van der Waals surface area contributed by atoms with Crippen LogP contribution < -0.4 is 11.2 Å². The van der Waals surface area contributed by atoms with Gasteiger partial charge in [0.05, 0.1) is 5.71 Å². The quantitative estimate of drug-likeness (QED) is 0.595. The number of carbonyl (C=O) groups excluding carboxylic acids is 1. The molecule has 0 saturated carbocycles. The van der Waals surface area contributed by atoms with Crippen LogP contribution in [0.3, 0.4) is 0 Å². The van der Waals surface area contributed by atoms with Crippen LogP contribution in [-0.4, -0.2) is 11.7 Å². The number of nitrogens with two attached hydrogens (primary N) is 1. The fourth-order valence-corrected chi connectivity index (χ4v) is 1.50. The summed E-state index contributed by atoms with van der Waals surface area (Å²) >= 11 is 0. The van der Waals surface area contributed by atoms with Crippen molar-refractivity contribution in [2.24, 2.45) is 10.8 Å². The molecule has 0 saturated heterocycles. The van der Waals surface area contributed by atoms with Gasteiger partial charge in [-0.05, 0) is 30.9 Å². The van der Waals surface area contributed by atoms with E-state index in [2.05, 4.69) is 29.6 Å². The first-order chi connectivity index (χ1) is 8.13. The number of nitrogens with zero attached hydrogens (tertiary/aromatic N) is 1. The number of nitrogens with one attached hydrogen (secondary N) is 1. The highest BCUT2D eigenvalue weighted by Crippen LogP contribution is 2.08. The van der Waals surface area contributed by atoms with Crippen LogP contribution in [0.25, 0.3) is 0 Å². The zero-order valence-electron chi connectivity index (χ0n) is 10.4. The van der Waals surface area contributed by atoms with Crippen molar-refractivity contribution in [3.8, 4) is 0 Å². The minimum absolute atomic E-state index is 0.649. The summed E-state index contributed by atoms with van der Waals surface area (Å²) in [5.74, 6) is 0. The van der Waals surface area contributed by atoms with Gasteiger partial charge in [0.15, 0.2) is 0 Å². The number of hydrogen-bond donors (Lipinski definition) is 2. The van der Waals surface area contributed by atoms with Gasteiger partial charge in [0.2, 0.25) is 0 Å². The van der Waals surface area contributed by atoms with Gasteiger partial charge in [0.1, 0.15) is 0 Å². The summed E-state index contributed by atoms with van der Waals surface area (Å²) in [6.07, 6.45) is 3.51. The number of hydrazone groups is 1. The number of urea groups is 1. The van der Waals surface area contributed by atoms with E-state index < -0.39 is 6.03 Å². The monoisotopic (exact) mass is 233 g/mol. The molecule has 0 aliphatic rings. The van der Waals surface area contributed by atoms with Crippen molar-refractivity contribution >= 4 is 11.7 Å². The lowest BCUT2D eigenvalue weighted by Gasteiger charge is -2.03. The van der Waals surface area contributed by atoms with E-state index >= 15 is 0 Å². The summed E-state index contributed by atoms with van der Waals surface area (Å²) < 4.78 is 0. The molecule has 0 bridgehead atoms. The number of carbonyl (C=O) groups is 1. The van der Waals surface area contributed by atoms with E-state index in [1.54, 1.807) is 0 Å². The van der Waals surface area contributed by atoms with Gasteiger partial charge in [0.25, 0.3) is 0 Å². The van der Waals surface area contributed by atoms with Gasteiger partial charge in [-0.2, -0.15) is 5.10 Å². The molecule has 17 heavy (non-hydrogen) atoms. The Kier molecular flexibility index (Phi) is 5.20. The number of rotatable bonds is 5. The molecule has 0 aliphatic carbocycles. The van der Waals surface area contributed by atoms with Gasteiger partial charge in [-0.15, -0.1) is 0 Å². The van der Waals surface area contributed by atoms with Crippen molar-refractivity contribution in [3.05, 3.63) is 35.4 Å². The number of amides is 2. The second kappa shape index (κ2) is 6.68. The van der Waals surface area contributed by atoms with Crippen LogP contribution in [-0.2, 0) is 6.42 Å². The molecule has 0 radical (unpaired) electrons. The molecule has 0 fully saturated rings. The van der Waals surface area contributed by atoms with E-state index in [1.807, 2.05) is 19.1 Å². The van der Waals surface area contributed by atoms with Crippen LogP contribution in [0, 0.1) is 0 Å². The first-order valence-corrected chi connectivity index (χ1v) is 5.82. The molecule has 0 aromatic heterocycles. The van der Waals surface area contributed by atoms with Crippen molar-refractivity contribution < 1.29 is 4.79 Å². The third-order valence-electron chi connectivity index (χ3n) is 2.52.